The zero-order chi connectivity index (χ0) is 19.2. The van der Waals surface area contributed by atoms with Gasteiger partial charge < -0.3 is 24.2 Å². The monoisotopic (exact) mass is 374 g/mol. The first-order valence-electron chi connectivity index (χ1n) is 8.65. The van der Waals surface area contributed by atoms with Crippen LogP contribution in [0.5, 0.6) is 5.75 Å². The van der Waals surface area contributed by atoms with Gasteiger partial charge in [0.25, 0.3) is 5.89 Å². The number of nitrogens with one attached hydrogen (secondary N) is 1. The number of hydrogen-bond donors (Lipinski definition) is 1. The molecule has 144 valence electrons. The van der Waals surface area contributed by atoms with Crippen LogP contribution in [-0.4, -0.2) is 60.9 Å². The third-order valence-corrected chi connectivity index (χ3v) is 4.46. The largest absolute Gasteiger partial charge is 0.497 e. The van der Waals surface area contributed by atoms with Crippen molar-refractivity contribution in [3.8, 4) is 17.2 Å². The number of carbonyl (C=O) groups excluding carboxylic acids is 2. The van der Waals surface area contributed by atoms with Gasteiger partial charge in [-0.05, 0) is 36.6 Å². The number of nitrogens with zero attached hydrogens (tertiary/aromatic N) is 3. The minimum atomic E-state index is -0.475. The predicted molar refractivity (Wildman–Crippen MR) is 95.1 cm³/mol. The molecule has 2 heterocycles. The van der Waals surface area contributed by atoms with Gasteiger partial charge >= 0.3 is 12.0 Å². The molecule has 0 saturated carbocycles. The number of rotatable bonds is 6. The minimum absolute atomic E-state index is 0.132. The summed E-state index contributed by atoms with van der Waals surface area (Å²) in [5, 5.41) is 6.59. The molecule has 1 saturated heterocycles. The lowest BCUT2D eigenvalue weighted by molar-refractivity contribution is -0.139. The molecule has 1 N–H and O–H groups in total. The fourth-order valence-corrected chi connectivity index (χ4v) is 2.96. The van der Waals surface area contributed by atoms with Crippen molar-refractivity contribution >= 4 is 12.0 Å². The summed E-state index contributed by atoms with van der Waals surface area (Å²) in [5.74, 6) is 1.60. The average Bonchev–Trinajstić information content (AvgIpc) is 3.36. The Morgan fingerprint density at radius 1 is 1.30 bits per heavy atom. The van der Waals surface area contributed by atoms with Crippen LogP contribution in [-0.2, 0) is 16.0 Å². The molecule has 0 aliphatic carbocycles. The highest BCUT2D eigenvalue weighted by molar-refractivity contribution is 5.80. The number of aromatic nitrogens is 2. The van der Waals surface area contributed by atoms with Gasteiger partial charge in [-0.1, -0.05) is 5.16 Å². The number of amides is 2. The van der Waals surface area contributed by atoms with Gasteiger partial charge in [0.2, 0.25) is 0 Å². The molecule has 0 radical (unpaired) electrons. The number of ether oxygens (including phenoxy) is 2. The molecular formula is C18H22N4O5. The van der Waals surface area contributed by atoms with E-state index in [-0.39, 0.29) is 18.5 Å². The maximum atomic E-state index is 12.1. The van der Waals surface area contributed by atoms with E-state index >= 15 is 0 Å². The average molecular weight is 374 g/mol. The van der Waals surface area contributed by atoms with Crippen LogP contribution in [0.2, 0.25) is 0 Å². The Labute approximate surface area is 156 Å². The van der Waals surface area contributed by atoms with Crippen molar-refractivity contribution in [3.63, 3.8) is 0 Å². The van der Waals surface area contributed by atoms with Gasteiger partial charge in [-0.3, -0.25) is 4.79 Å². The van der Waals surface area contributed by atoms with Gasteiger partial charge in [0.1, 0.15) is 12.3 Å². The van der Waals surface area contributed by atoms with Crippen molar-refractivity contribution in [2.24, 2.45) is 5.92 Å². The van der Waals surface area contributed by atoms with Gasteiger partial charge in [0, 0.05) is 25.1 Å². The molecule has 0 spiro atoms. The highest BCUT2D eigenvalue weighted by atomic mass is 16.5. The van der Waals surface area contributed by atoms with E-state index in [1.807, 2.05) is 24.3 Å². The molecule has 2 aromatic rings. The third kappa shape index (κ3) is 4.75. The Hall–Kier alpha value is -3.10. The molecule has 0 bridgehead atoms. The molecule has 9 nitrogen and oxygen atoms in total. The molecule has 1 aliphatic heterocycles. The summed E-state index contributed by atoms with van der Waals surface area (Å²) >= 11 is 0. The van der Waals surface area contributed by atoms with Crippen molar-refractivity contribution in [1.29, 1.82) is 0 Å². The highest BCUT2D eigenvalue weighted by Crippen LogP contribution is 2.23. The Morgan fingerprint density at radius 3 is 2.78 bits per heavy atom. The number of benzene rings is 1. The molecule has 1 unspecified atom stereocenters. The van der Waals surface area contributed by atoms with E-state index in [0.717, 1.165) is 17.7 Å². The van der Waals surface area contributed by atoms with Gasteiger partial charge in [-0.15, -0.1) is 0 Å². The second-order valence-electron chi connectivity index (χ2n) is 6.28. The fraction of sp³-hybridized carbons (Fsp3) is 0.444. The van der Waals surface area contributed by atoms with Crippen LogP contribution in [0.15, 0.2) is 28.8 Å². The smallest absolute Gasteiger partial charge is 0.325 e. The van der Waals surface area contributed by atoms with Crippen molar-refractivity contribution in [3.05, 3.63) is 30.1 Å². The number of likely N-dealkylation sites (tertiary alicyclic amines) is 1. The number of carbonyl (C=O) groups is 2. The molecule has 1 aromatic carbocycles. The minimum Gasteiger partial charge on any atom is -0.497 e. The number of urea groups is 1. The van der Waals surface area contributed by atoms with Gasteiger partial charge in [0.05, 0.1) is 14.2 Å². The SMILES string of the molecule is COC(=O)CNC(=O)N1CCC(Cc2noc(-c3ccc(OC)cc3)n2)C1. The van der Waals surface area contributed by atoms with Crippen LogP contribution in [0.1, 0.15) is 12.2 Å². The van der Waals surface area contributed by atoms with Gasteiger partial charge in [-0.25, -0.2) is 4.79 Å². The van der Waals surface area contributed by atoms with E-state index in [0.29, 0.717) is 31.2 Å². The standard InChI is InChI=1S/C18H22N4O5/c1-25-14-5-3-13(4-6-14)17-20-15(21-27-17)9-12-7-8-22(11-12)18(24)19-10-16(23)26-2/h3-6,12H,7-11H2,1-2H3,(H,19,24). The van der Waals surface area contributed by atoms with Crippen molar-refractivity contribution in [2.75, 3.05) is 33.9 Å². The van der Waals surface area contributed by atoms with Crippen LogP contribution in [0, 0.1) is 5.92 Å². The molecule has 9 heteroatoms. The van der Waals surface area contributed by atoms with E-state index in [9.17, 15) is 9.59 Å². The molecule has 1 aliphatic rings. The van der Waals surface area contributed by atoms with Crippen LogP contribution in [0.25, 0.3) is 11.5 Å². The van der Waals surface area contributed by atoms with Crippen LogP contribution in [0.3, 0.4) is 0 Å². The zero-order valence-electron chi connectivity index (χ0n) is 15.3. The first-order valence-corrected chi connectivity index (χ1v) is 8.65. The molecule has 2 amide bonds. The van der Waals surface area contributed by atoms with E-state index in [2.05, 4.69) is 20.2 Å². The maximum absolute atomic E-state index is 12.1. The number of methoxy groups -OCH3 is 2. The Bertz CT molecular complexity index is 789. The quantitative estimate of drug-likeness (QED) is 0.764. The lowest BCUT2D eigenvalue weighted by atomic mass is 10.1. The van der Waals surface area contributed by atoms with E-state index < -0.39 is 5.97 Å². The first-order chi connectivity index (χ1) is 13.1. The summed E-state index contributed by atoms with van der Waals surface area (Å²) in [7, 11) is 2.89. The molecular weight excluding hydrogens is 352 g/mol. The predicted octanol–water partition coefficient (Wildman–Crippen LogP) is 1.49. The summed E-state index contributed by atoms with van der Waals surface area (Å²) in [6.45, 7) is 1.08. The van der Waals surface area contributed by atoms with Crippen molar-refractivity contribution in [2.45, 2.75) is 12.8 Å². The van der Waals surface area contributed by atoms with E-state index in [1.54, 1.807) is 12.0 Å². The third-order valence-electron chi connectivity index (χ3n) is 4.46. The second-order valence-corrected chi connectivity index (χ2v) is 6.28. The summed E-state index contributed by atoms with van der Waals surface area (Å²) in [6.07, 6.45) is 1.47. The van der Waals surface area contributed by atoms with Crippen molar-refractivity contribution in [1.82, 2.24) is 20.4 Å². The Balaban J connectivity index is 1.52. The van der Waals surface area contributed by atoms with Crippen molar-refractivity contribution < 1.29 is 23.6 Å². The van der Waals surface area contributed by atoms with Crippen LogP contribution >= 0.6 is 0 Å². The second kappa shape index (κ2) is 8.52. The summed E-state index contributed by atoms with van der Waals surface area (Å²) in [5.41, 5.74) is 0.824. The summed E-state index contributed by atoms with van der Waals surface area (Å²) in [6, 6.07) is 7.12. The molecule has 27 heavy (non-hydrogen) atoms. The lowest BCUT2D eigenvalue weighted by Gasteiger charge is -2.16. The highest BCUT2D eigenvalue weighted by Gasteiger charge is 2.28. The van der Waals surface area contributed by atoms with Gasteiger partial charge in [0.15, 0.2) is 5.82 Å². The molecule has 3 rings (SSSR count). The lowest BCUT2D eigenvalue weighted by Crippen LogP contribution is -2.41. The normalized spacial score (nSPS) is 16.2. The summed E-state index contributed by atoms with van der Waals surface area (Å²) in [4.78, 5) is 29.3. The summed E-state index contributed by atoms with van der Waals surface area (Å²) < 4.78 is 15.0. The fourth-order valence-electron chi connectivity index (χ4n) is 2.96. The Kier molecular flexibility index (Phi) is 5.90. The zero-order valence-corrected chi connectivity index (χ0v) is 15.3. The maximum Gasteiger partial charge on any atom is 0.325 e. The first kappa shape index (κ1) is 18.7. The topological polar surface area (TPSA) is 107 Å². The van der Waals surface area contributed by atoms with Crippen LogP contribution < -0.4 is 10.1 Å². The molecule has 1 fully saturated rings. The number of esters is 1. The van der Waals surface area contributed by atoms with Gasteiger partial charge in [-0.2, -0.15) is 4.98 Å². The molecule has 1 atom stereocenters. The number of hydrogen-bond acceptors (Lipinski definition) is 7. The molecule has 1 aromatic heterocycles. The van der Waals surface area contributed by atoms with E-state index in [1.165, 1.54) is 7.11 Å². The van der Waals surface area contributed by atoms with Crippen LogP contribution in [0.4, 0.5) is 4.79 Å². The Morgan fingerprint density at radius 2 is 2.07 bits per heavy atom. The van der Waals surface area contributed by atoms with E-state index in [4.69, 9.17) is 9.26 Å².